The van der Waals surface area contributed by atoms with E-state index in [-0.39, 0.29) is 0 Å². The summed E-state index contributed by atoms with van der Waals surface area (Å²) in [6.45, 7) is 0. The first-order valence-corrected chi connectivity index (χ1v) is 9.69. The van der Waals surface area contributed by atoms with E-state index in [1.54, 1.807) is 7.11 Å². The summed E-state index contributed by atoms with van der Waals surface area (Å²) < 4.78 is 9.00. The molecule has 0 aliphatic carbocycles. The monoisotopic (exact) mass is 418 g/mol. The molecule has 0 heterocycles. The third-order valence-electron chi connectivity index (χ3n) is 2.42. The second kappa shape index (κ2) is 6.59. The van der Waals surface area contributed by atoms with Crippen LogP contribution in [0.15, 0.2) is 58.2 Å². The average molecular weight is 417 g/mol. The van der Waals surface area contributed by atoms with Crippen molar-refractivity contribution in [3.63, 3.8) is 0 Å². The molecule has 0 amide bonds. The van der Waals surface area contributed by atoms with Gasteiger partial charge < -0.3 is 0 Å². The van der Waals surface area contributed by atoms with Crippen LogP contribution in [0, 0.1) is 0 Å². The average Bonchev–Trinajstić information content (AvgIpc) is 2.41. The van der Waals surface area contributed by atoms with Gasteiger partial charge in [-0.15, -0.1) is 0 Å². The molecular weight excluding hydrogens is 403 g/mol. The van der Waals surface area contributed by atoms with Crippen LogP contribution >= 0.6 is 0 Å². The van der Waals surface area contributed by atoms with Crippen molar-refractivity contribution in [2.45, 2.75) is 0 Å². The molecule has 0 saturated heterocycles. The van der Waals surface area contributed by atoms with Crippen LogP contribution in [0.5, 0.6) is 5.75 Å². The van der Waals surface area contributed by atoms with E-state index in [0.717, 1.165) is 5.75 Å². The Morgan fingerprint density at radius 3 is 2.29 bits per heavy atom. The van der Waals surface area contributed by atoms with E-state index in [1.165, 1.54) is 8.69 Å². The van der Waals surface area contributed by atoms with Gasteiger partial charge in [-0.3, -0.25) is 0 Å². The molecule has 2 aromatic rings. The van der Waals surface area contributed by atoms with Crippen LogP contribution in [-0.2, 0) is 0 Å². The number of hydrogen-bond donors (Lipinski definition) is 0. The molecule has 0 aliphatic rings. The fourth-order valence-electron chi connectivity index (χ4n) is 1.49. The molecule has 2 radical (unpaired) electrons. The summed E-state index contributed by atoms with van der Waals surface area (Å²) >= 11 is -0.818. The number of hydrogen-bond acceptors (Lipinski definition) is 1. The Morgan fingerprint density at radius 1 is 0.941 bits per heavy atom. The Hall–Kier alpha value is -1.10. The topological polar surface area (TPSA) is 9.23 Å². The molecule has 17 heavy (non-hydrogen) atoms. The van der Waals surface area contributed by atoms with Gasteiger partial charge in [-0.25, -0.2) is 0 Å². The zero-order valence-corrected chi connectivity index (χ0v) is 13.6. The molecule has 84 valence electrons. The SMILES string of the molecule is COc1cc[c]([Pb]/[CH]=C/c2ccccc2)cc1. The van der Waals surface area contributed by atoms with Crippen molar-refractivity contribution in [2.24, 2.45) is 0 Å². The molecule has 0 unspecified atom stereocenters. The summed E-state index contributed by atoms with van der Waals surface area (Å²) in [6, 6.07) is 18.9. The van der Waals surface area contributed by atoms with Crippen LogP contribution in [0.3, 0.4) is 0 Å². The summed E-state index contributed by atoms with van der Waals surface area (Å²) in [7, 11) is 1.70. The van der Waals surface area contributed by atoms with Gasteiger partial charge in [0, 0.05) is 0 Å². The van der Waals surface area contributed by atoms with Gasteiger partial charge in [-0.2, -0.15) is 0 Å². The standard InChI is InChI=1S/C8H7.C7H7O.Pb/c1-2-8-6-4-3-5-7-8;1-8-7-5-3-2-4-6-7;/h1-7H;3-6H,1H3;. The van der Waals surface area contributed by atoms with Crippen LogP contribution in [0.1, 0.15) is 5.56 Å². The van der Waals surface area contributed by atoms with Gasteiger partial charge in [0.1, 0.15) is 0 Å². The maximum absolute atomic E-state index is 5.15. The van der Waals surface area contributed by atoms with Crippen molar-refractivity contribution < 1.29 is 4.74 Å². The predicted octanol–water partition coefficient (Wildman–Crippen LogP) is 2.70. The van der Waals surface area contributed by atoms with Crippen LogP contribution in [0.25, 0.3) is 6.08 Å². The molecule has 0 N–H and O–H groups in total. The number of methoxy groups -OCH3 is 1. The first kappa shape index (κ1) is 12.4. The second-order valence-corrected chi connectivity index (χ2v) is 8.28. The number of ether oxygens (including phenoxy) is 1. The molecule has 0 saturated carbocycles. The molecule has 0 bridgehead atoms. The van der Waals surface area contributed by atoms with Crippen LogP contribution in [0.2, 0.25) is 0 Å². The first-order chi connectivity index (χ1) is 8.38. The van der Waals surface area contributed by atoms with Crippen molar-refractivity contribution in [2.75, 3.05) is 7.11 Å². The van der Waals surface area contributed by atoms with Crippen molar-refractivity contribution >= 4 is 33.4 Å². The Labute approximate surface area is 114 Å². The molecule has 2 rings (SSSR count). The normalized spacial score (nSPS) is 10.6. The maximum atomic E-state index is 5.15. The molecular formula is C15H14OPb. The summed E-state index contributed by atoms with van der Waals surface area (Å²) in [5.41, 5.74) is 1.29. The van der Waals surface area contributed by atoms with Gasteiger partial charge in [0.15, 0.2) is 0 Å². The van der Waals surface area contributed by atoms with Crippen molar-refractivity contribution in [1.29, 1.82) is 0 Å². The Morgan fingerprint density at radius 2 is 1.65 bits per heavy atom. The minimum atomic E-state index is -0.818. The Balaban J connectivity index is 1.95. The predicted molar refractivity (Wildman–Crippen MR) is 73.9 cm³/mol. The van der Waals surface area contributed by atoms with Gasteiger partial charge >= 0.3 is 115 Å². The molecule has 0 spiro atoms. The molecule has 0 fully saturated rings. The molecule has 0 aliphatic heterocycles. The summed E-state index contributed by atoms with van der Waals surface area (Å²) in [4.78, 5) is 0. The van der Waals surface area contributed by atoms with E-state index in [0.29, 0.717) is 0 Å². The van der Waals surface area contributed by atoms with Crippen LogP contribution in [-0.4, -0.2) is 31.3 Å². The molecule has 0 atom stereocenters. The van der Waals surface area contributed by atoms with Gasteiger partial charge in [0.25, 0.3) is 0 Å². The van der Waals surface area contributed by atoms with Gasteiger partial charge in [0.05, 0.1) is 0 Å². The molecule has 2 aromatic carbocycles. The second-order valence-electron chi connectivity index (χ2n) is 3.62. The zero-order chi connectivity index (χ0) is 11.9. The van der Waals surface area contributed by atoms with E-state index in [1.807, 2.05) is 18.2 Å². The Kier molecular flexibility index (Phi) is 4.79. The third-order valence-corrected chi connectivity index (χ3v) is 6.30. The van der Waals surface area contributed by atoms with E-state index >= 15 is 0 Å². The minimum absolute atomic E-state index is 0.818. The fraction of sp³-hybridized carbons (Fsp3) is 0.0667. The van der Waals surface area contributed by atoms with Crippen molar-refractivity contribution in [3.05, 3.63) is 63.8 Å². The van der Waals surface area contributed by atoms with E-state index < -0.39 is 24.2 Å². The van der Waals surface area contributed by atoms with Crippen molar-refractivity contribution in [1.82, 2.24) is 0 Å². The molecule has 0 aromatic heterocycles. The first-order valence-electron chi connectivity index (χ1n) is 5.51. The van der Waals surface area contributed by atoms with E-state index in [2.05, 4.69) is 46.1 Å². The van der Waals surface area contributed by atoms with Gasteiger partial charge in [0.2, 0.25) is 0 Å². The zero-order valence-electron chi connectivity index (χ0n) is 9.76. The number of rotatable bonds is 4. The third kappa shape index (κ3) is 4.00. The van der Waals surface area contributed by atoms with E-state index in [4.69, 9.17) is 4.74 Å². The number of benzene rings is 2. The fourth-order valence-corrected chi connectivity index (χ4v) is 4.70. The van der Waals surface area contributed by atoms with Gasteiger partial charge in [-0.05, 0) is 0 Å². The summed E-state index contributed by atoms with van der Waals surface area (Å²) in [5.74, 6) is 0.935. The van der Waals surface area contributed by atoms with Crippen LogP contribution < -0.4 is 7.86 Å². The van der Waals surface area contributed by atoms with Crippen LogP contribution in [0.4, 0.5) is 0 Å². The molecule has 1 nitrogen and oxygen atoms in total. The van der Waals surface area contributed by atoms with Gasteiger partial charge in [-0.1, -0.05) is 0 Å². The molecule has 2 heteroatoms. The Bertz CT molecular complexity index is 474. The van der Waals surface area contributed by atoms with E-state index in [9.17, 15) is 0 Å². The summed E-state index contributed by atoms with van der Waals surface area (Å²) in [5, 5.41) is 0. The quantitative estimate of drug-likeness (QED) is 0.696. The summed E-state index contributed by atoms with van der Waals surface area (Å²) in [6.07, 6.45) is 2.23. The van der Waals surface area contributed by atoms with Crippen molar-refractivity contribution in [3.8, 4) is 5.75 Å².